The highest BCUT2D eigenvalue weighted by Crippen LogP contribution is 2.30. The SMILES string of the molecule is CCNC(=NCC(CC)(CC)CCO)NCCOc1ccc(OC)cc1.I. The zero-order valence-electron chi connectivity index (χ0n) is 17.1. The van der Waals surface area contributed by atoms with Crippen LogP contribution in [0.4, 0.5) is 0 Å². The smallest absolute Gasteiger partial charge is 0.191 e. The molecule has 0 fully saturated rings. The summed E-state index contributed by atoms with van der Waals surface area (Å²) in [4.78, 5) is 4.72. The Bertz CT molecular complexity index is 520. The van der Waals surface area contributed by atoms with Crippen molar-refractivity contribution in [2.24, 2.45) is 10.4 Å². The van der Waals surface area contributed by atoms with Gasteiger partial charge in [0, 0.05) is 19.7 Å². The maximum atomic E-state index is 9.34. The van der Waals surface area contributed by atoms with Crippen LogP contribution in [0.2, 0.25) is 0 Å². The van der Waals surface area contributed by atoms with Crippen molar-refractivity contribution in [1.29, 1.82) is 0 Å². The lowest BCUT2D eigenvalue weighted by atomic mass is 9.79. The molecule has 0 amide bonds. The zero-order chi connectivity index (χ0) is 19.3. The summed E-state index contributed by atoms with van der Waals surface area (Å²) < 4.78 is 10.9. The molecule has 0 aliphatic carbocycles. The van der Waals surface area contributed by atoms with E-state index in [1.54, 1.807) is 7.11 Å². The van der Waals surface area contributed by atoms with Gasteiger partial charge >= 0.3 is 0 Å². The summed E-state index contributed by atoms with van der Waals surface area (Å²) in [5, 5.41) is 15.9. The van der Waals surface area contributed by atoms with E-state index in [4.69, 9.17) is 14.5 Å². The van der Waals surface area contributed by atoms with Crippen LogP contribution in [0.25, 0.3) is 0 Å². The van der Waals surface area contributed by atoms with E-state index in [0.29, 0.717) is 19.7 Å². The Balaban J connectivity index is 0.00000676. The first kappa shape index (κ1) is 25.8. The Morgan fingerprint density at radius 2 is 1.70 bits per heavy atom. The molecule has 0 heterocycles. The quantitative estimate of drug-likeness (QED) is 0.180. The number of nitrogens with one attached hydrogen (secondary N) is 2. The van der Waals surface area contributed by atoms with E-state index >= 15 is 0 Å². The number of aliphatic hydroxyl groups is 1. The minimum Gasteiger partial charge on any atom is -0.497 e. The van der Waals surface area contributed by atoms with Crippen molar-refractivity contribution >= 4 is 29.9 Å². The molecule has 7 heteroatoms. The van der Waals surface area contributed by atoms with Gasteiger partial charge in [-0.25, -0.2) is 0 Å². The number of halogens is 1. The van der Waals surface area contributed by atoms with E-state index in [0.717, 1.165) is 43.3 Å². The molecule has 1 rings (SSSR count). The van der Waals surface area contributed by atoms with Crippen LogP contribution in [0.15, 0.2) is 29.3 Å². The number of aliphatic imine (C=N–C) groups is 1. The van der Waals surface area contributed by atoms with Crippen LogP contribution in [0.5, 0.6) is 11.5 Å². The Morgan fingerprint density at radius 1 is 1.07 bits per heavy atom. The average molecular weight is 493 g/mol. The number of hydrogen-bond donors (Lipinski definition) is 3. The van der Waals surface area contributed by atoms with Crippen LogP contribution >= 0.6 is 24.0 Å². The summed E-state index contributed by atoms with van der Waals surface area (Å²) in [5.74, 6) is 2.42. The van der Waals surface area contributed by atoms with Crippen LogP contribution in [-0.4, -0.2) is 51.0 Å². The Hall–Kier alpha value is -1.22. The second-order valence-electron chi connectivity index (χ2n) is 6.33. The summed E-state index contributed by atoms with van der Waals surface area (Å²) in [7, 11) is 1.65. The lowest BCUT2D eigenvalue weighted by Gasteiger charge is -2.29. The number of hydrogen-bond acceptors (Lipinski definition) is 4. The minimum atomic E-state index is 0. The molecule has 6 nitrogen and oxygen atoms in total. The Labute approximate surface area is 181 Å². The zero-order valence-corrected chi connectivity index (χ0v) is 19.4. The van der Waals surface area contributed by atoms with Gasteiger partial charge in [-0.2, -0.15) is 0 Å². The highest BCUT2D eigenvalue weighted by molar-refractivity contribution is 14.0. The predicted octanol–water partition coefficient (Wildman–Crippen LogP) is 3.44. The molecule has 0 aromatic heterocycles. The van der Waals surface area contributed by atoms with E-state index < -0.39 is 0 Å². The molecular weight excluding hydrogens is 457 g/mol. The second-order valence-corrected chi connectivity index (χ2v) is 6.33. The van der Waals surface area contributed by atoms with E-state index in [1.807, 2.05) is 31.2 Å². The van der Waals surface area contributed by atoms with Gasteiger partial charge in [0.2, 0.25) is 0 Å². The Kier molecular flexibility index (Phi) is 14.1. The molecule has 0 radical (unpaired) electrons. The summed E-state index contributed by atoms with van der Waals surface area (Å²) in [5.41, 5.74) is 0.0662. The van der Waals surface area contributed by atoms with Crippen molar-refractivity contribution in [2.45, 2.75) is 40.0 Å². The molecular formula is C20H36IN3O3. The topological polar surface area (TPSA) is 75.1 Å². The minimum absolute atomic E-state index is 0. The van der Waals surface area contributed by atoms with E-state index in [-0.39, 0.29) is 36.0 Å². The molecule has 27 heavy (non-hydrogen) atoms. The number of nitrogens with zero attached hydrogens (tertiary/aromatic N) is 1. The number of rotatable bonds is 12. The fourth-order valence-electron chi connectivity index (χ4n) is 2.74. The van der Waals surface area contributed by atoms with Crippen LogP contribution in [0.1, 0.15) is 40.0 Å². The highest BCUT2D eigenvalue weighted by Gasteiger charge is 2.25. The number of aliphatic hydroxyl groups excluding tert-OH is 1. The van der Waals surface area contributed by atoms with Gasteiger partial charge < -0.3 is 25.2 Å². The van der Waals surface area contributed by atoms with E-state index in [9.17, 15) is 5.11 Å². The normalized spacial score (nSPS) is 11.5. The summed E-state index contributed by atoms with van der Waals surface area (Å²) >= 11 is 0. The third kappa shape index (κ3) is 9.51. The molecule has 0 aliphatic heterocycles. The maximum absolute atomic E-state index is 9.34. The summed E-state index contributed by atoms with van der Waals surface area (Å²) in [6, 6.07) is 7.54. The summed E-state index contributed by atoms with van der Waals surface area (Å²) in [6.07, 6.45) is 2.80. The largest absolute Gasteiger partial charge is 0.497 e. The molecule has 3 N–H and O–H groups in total. The fourth-order valence-corrected chi connectivity index (χ4v) is 2.74. The van der Waals surface area contributed by atoms with Gasteiger partial charge in [-0.05, 0) is 55.9 Å². The van der Waals surface area contributed by atoms with Gasteiger partial charge in [0.05, 0.1) is 13.7 Å². The van der Waals surface area contributed by atoms with E-state index in [1.165, 1.54) is 0 Å². The number of methoxy groups -OCH3 is 1. The molecule has 156 valence electrons. The summed E-state index contributed by atoms with van der Waals surface area (Å²) in [6.45, 7) is 9.28. The van der Waals surface area contributed by atoms with Gasteiger partial charge in [0.15, 0.2) is 5.96 Å². The number of benzene rings is 1. The first-order valence-corrected chi connectivity index (χ1v) is 9.53. The van der Waals surface area contributed by atoms with Crippen molar-refractivity contribution in [3.63, 3.8) is 0 Å². The van der Waals surface area contributed by atoms with Crippen molar-refractivity contribution < 1.29 is 14.6 Å². The molecule has 0 bridgehead atoms. The molecule has 1 aromatic carbocycles. The third-order valence-electron chi connectivity index (χ3n) is 4.78. The van der Waals surface area contributed by atoms with E-state index in [2.05, 4.69) is 24.5 Å². The first-order chi connectivity index (χ1) is 12.6. The van der Waals surface area contributed by atoms with Crippen LogP contribution in [0, 0.1) is 5.41 Å². The molecule has 0 aliphatic rings. The standard InChI is InChI=1S/C20H35N3O3.HI/c1-5-20(6-2,12-14-24)16-23-19(21-7-3)22-13-15-26-18-10-8-17(25-4)9-11-18;/h8-11,24H,5-7,12-16H2,1-4H3,(H2,21,22,23);1H. The fraction of sp³-hybridized carbons (Fsp3) is 0.650. The van der Waals surface area contributed by atoms with Crippen molar-refractivity contribution in [3.05, 3.63) is 24.3 Å². The molecule has 0 saturated heterocycles. The molecule has 0 unspecified atom stereocenters. The monoisotopic (exact) mass is 493 g/mol. The molecule has 0 atom stereocenters. The second kappa shape index (κ2) is 14.8. The molecule has 0 saturated carbocycles. The van der Waals surface area contributed by atoms with Crippen molar-refractivity contribution in [3.8, 4) is 11.5 Å². The molecule has 0 spiro atoms. The lowest BCUT2D eigenvalue weighted by molar-refractivity contribution is 0.175. The van der Waals surface area contributed by atoms with Crippen LogP contribution in [0.3, 0.4) is 0 Å². The highest BCUT2D eigenvalue weighted by atomic mass is 127. The third-order valence-corrected chi connectivity index (χ3v) is 4.78. The molecule has 1 aromatic rings. The maximum Gasteiger partial charge on any atom is 0.191 e. The van der Waals surface area contributed by atoms with Gasteiger partial charge in [0.1, 0.15) is 18.1 Å². The van der Waals surface area contributed by atoms with Gasteiger partial charge in [0.25, 0.3) is 0 Å². The number of ether oxygens (including phenoxy) is 2. The first-order valence-electron chi connectivity index (χ1n) is 9.53. The Morgan fingerprint density at radius 3 is 2.22 bits per heavy atom. The lowest BCUT2D eigenvalue weighted by Crippen LogP contribution is -2.40. The average Bonchev–Trinajstić information content (AvgIpc) is 2.68. The van der Waals surface area contributed by atoms with Gasteiger partial charge in [-0.1, -0.05) is 13.8 Å². The van der Waals surface area contributed by atoms with Gasteiger partial charge in [-0.15, -0.1) is 24.0 Å². The van der Waals surface area contributed by atoms with Crippen LogP contribution in [-0.2, 0) is 0 Å². The van der Waals surface area contributed by atoms with Crippen molar-refractivity contribution in [2.75, 3.05) is 40.0 Å². The number of guanidine groups is 1. The predicted molar refractivity (Wildman–Crippen MR) is 123 cm³/mol. The van der Waals surface area contributed by atoms with Crippen molar-refractivity contribution in [1.82, 2.24) is 10.6 Å². The van der Waals surface area contributed by atoms with Crippen LogP contribution < -0.4 is 20.1 Å². The van der Waals surface area contributed by atoms with Gasteiger partial charge in [-0.3, -0.25) is 4.99 Å².